The Bertz CT molecular complexity index is 1330. The summed E-state index contributed by atoms with van der Waals surface area (Å²) in [5.41, 5.74) is 1.63. The fourth-order valence-electron chi connectivity index (χ4n) is 2.91. The van der Waals surface area contributed by atoms with Crippen LogP contribution in [0.2, 0.25) is 0 Å². The van der Waals surface area contributed by atoms with Crippen LogP contribution in [0.4, 0.5) is 5.69 Å². The molecule has 4 aromatic rings. The molecule has 1 unspecified atom stereocenters. The summed E-state index contributed by atoms with van der Waals surface area (Å²) in [6.07, 6.45) is 0. The molecule has 3 heterocycles. The fraction of sp³-hybridized carbons (Fsp3) is 0.143. The van der Waals surface area contributed by atoms with E-state index in [2.05, 4.69) is 16.4 Å². The first-order valence-electron chi connectivity index (χ1n) is 8.98. The number of anilines is 1. The van der Waals surface area contributed by atoms with Gasteiger partial charge in [-0.1, -0.05) is 30.0 Å². The summed E-state index contributed by atoms with van der Waals surface area (Å²) < 4.78 is 1.49. The van der Waals surface area contributed by atoms with E-state index in [0.717, 1.165) is 10.4 Å². The number of thiophene rings is 2. The lowest BCUT2D eigenvalue weighted by Gasteiger charge is -2.14. The Morgan fingerprint density at radius 1 is 1.27 bits per heavy atom. The molecule has 9 heteroatoms. The fourth-order valence-corrected chi connectivity index (χ4v) is 5.58. The van der Waals surface area contributed by atoms with Gasteiger partial charge in [0.2, 0.25) is 5.91 Å². The molecule has 150 valence electrons. The summed E-state index contributed by atoms with van der Waals surface area (Å²) >= 11 is 4.22. The molecule has 4 rings (SSSR count). The number of thioether (sulfide) groups is 1. The maximum absolute atomic E-state index is 13.0. The Hall–Kier alpha value is -2.93. The van der Waals surface area contributed by atoms with Gasteiger partial charge in [-0.05, 0) is 30.5 Å². The van der Waals surface area contributed by atoms with Crippen molar-refractivity contribution < 1.29 is 4.79 Å². The molecule has 0 bridgehead atoms. The number of hydrogen-bond acceptors (Lipinski definition) is 7. The van der Waals surface area contributed by atoms with Gasteiger partial charge in [-0.2, -0.15) is 5.26 Å². The molecule has 0 aliphatic carbocycles. The molecule has 1 amide bonds. The van der Waals surface area contributed by atoms with Crippen molar-refractivity contribution in [1.82, 2.24) is 9.55 Å². The van der Waals surface area contributed by atoms with E-state index in [9.17, 15) is 14.9 Å². The van der Waals surface area contributed by atoms with Crippen LogP contribution in [0, 0.1) is 11.3 Å². The van der Waals surface area contributed by atoms with Gasteiger partial charge in [-0.3, -0.25) is 14.2 Å². The van der Waals surface area contributed by atoms with Gasteiger partial charge in [0.25, 0.3) is 5.56 Å². The standard InChI is InChI=1S/C21H16N4O2S3/c1-12(18(26)23-15-7-4-3-6-13(15)10-22)30-21-24-19-17(20(27)25(21)2)14(11-29-19)16-8-5-9-28-16/h3-9,11-12H,1-2H3,(H,23,26). The molecular weight excluding hydrogens is 436 g/mol. The molecule has 0 aliphatic rings. The number of aromatic nitrogens is 2. The van der Waals surface area contributed by atoms with Crippen molar-refractivity contribution in [2.24, 2.45) is 7.05 Å². The second-order valence-corrected chi connectivity index (χ2v) is 9.59. The highest BCUT2D eigenvalue weighted by Crippen LogP contribution is 2.35. The minimum absolute atomic E-state index is 0.130. The smallest absolute Gasteiger partial charge is 0.263 e. The molecule has 0 aliphatic heterocycles. The molecule has 6 nitrogen and oxygen atoms in total. The lowest BCUT2D eigenvalue weighted by molar-refractivity contribution is -0.115. The van der Waals surface area contributed by atoms with Gasteiger partial charge in [0.1, 0.15) is 10.9 Å². The molecule has 3 aromatic heterocycles. The van der Waals surface area contributed by atoms with E-state index in [1.807, 2.05) is 22.9 Å². The number of amides is 1. The van der Waals surface area contributed by atoms with Crippen LogP contribution in [0.25, 0.3) is 20.7 Å². The molecule has 0 spiro atoms. The van der Waals surface area contributed by atoms with Gasteiger partial charge in [0.05, 0.1) is 21.9 Å². The van der Waals surface area contributed by atoms with E-state index in [1.165, 1.54) is 27.7 Å². The Morgan fingerprint density at radius 3 is 2.80 bits per heavy atom. The highest BCUT2D eigenvalue weighted by molar-refractivity contribution is 8.00. The van der Waals surface area contributed by atoms with E-state index < -0.39 is 5.25 Å². The minimum Gasteiger partial charge on any atom is -0.324 e. The highest BCUT2D eigenvalue weighted by Gasteiger charge is 2.21. The number of nitrogens with zero attached hydrogens (tertiary/aromatic N) is 3. The van der Waals surface area contributed by atoms with Crippen molar-refractivity contribution in [3.8, 4) is 16.5 Å². The summed E-state index contributed by atoms with van der Waals surface area (Å²) in [5.74, 6) is -0.262. The normalized spacial score (nSPS) is 11.9. The van der Waals surface area contributed by atoms with E-state index in [0.29, 0.717) is 26.6 Å². The number of benzene rings is 1. The van der Waals surface area contributed by atoms with Crippen molar-refractivity contribution in [3.63, 3.8) is 0 Å². The number of nitrogens with one attached hydrogen (secondary N) is 1. The van der Waals surface area contributed by atoms with Crippen LogP contribution in [0.3, 0.4) is 0 Å². The Balaban J connectivity index is 1.61. The van der Waals surface area contributed by atoms with Gasteiger partial charge in [0.15, 0.2) is 5.16 Å². The van der Waals surface area contributed by atoms with E-state index in [-0.39, 0.29) is 11.5 Å². The summed E-state index contributed by atoms with van der Waals surface area (Å²) in [6.45, 7) is 1.75. The third-order valence-electron chi connectivity index (χ3n) is 4.52. The third kappa shape index (κ3) is 3.77. The number of rotatable bonds is 5. The summed E-state index contributed by atoms with van der Waals surface area (Å²) in [4.78, 5) is 32.0. The zero-order chi connectivity index (χ0) is 21.3. The van der Waals surface area contributed by atoms with Gasteiger partial charge >= 0.3 is 0 Å². The third-order valence-corrected chi connectivity index (χ3v) is 7.44. The maximum Gasteiger partial charge on any atom is 0.263 e. The predicted molar refractivity (Wildman–Crippen MR) is 123 cm³/mol. The number of nitriles is 1. The largest absolute Gasteiger partial charge is 0.324 e. The van der Waals surface area contributed by atoms with Crippen LogP contribution in [-0.4, -0.2) is 20.7 Å². The Kier molecular flexibility index (Phi) is 5.72. The monoisotopic (exact) mass is 452 g/mol. The van der Waals surface area contributed by atoms with Crippen LogP contribution >= 0.6 is 34.4 Å². The number of carbonyl (C=O) groups excluding carboxylic acids is 1. The second-order valence-electron chi connectivity index (χ2n) is 6.47. The van der Waals surface area contributed by atoms with Crippen molar-refractivity contribution in [1.29, 1.82) is 5.26 Å². The molecule has 0 radical (unpaired) electrons. The van der Waals surface area contributed by atoms with E-state index >= 15 is 0 Å². The minimum atomic E-state index is -0.510. The molecule has 1 N–H and O–H groups in total. The van der Waals surface area contributed by atoms with Crippen molar-refractivity contribution in [2.75, 3.05) is 5.32 Å². The first kappa shape index (κ1) is 20.3. The molecule has 0 fully saturated rings. The van der Waals surface area contributed by atoms with Crippen molar-refractivity contribution in [2.45, 2.75) is 17.3 Å². The highest BCUT2D eigenvalue weighted by atomic mass is 32.2. The van der Waals surface area contributed by atoms with Gasteiger partial charge < -0.3 is 5.32 Å². The molecule has 1 atom stereocenters. The molecule has 0 saturated carbocycles. The SMILES string of the molecule is CC(Sc1nc2scc(-c3cccs3)c2c(=O)n1C)C(=O)Nc1ccccc1C#N. The first-order chi connectivity index (χ1) is 14.5. The van der Waals surface area contributed by atoms with Crippen LogP contribution < -0.4 is 10.9 Å². The number of hydrogen-bond donors (Lipinski definition) is 1. The molecule has 30 heavy (non-hydrogen) atoms. The van der Waals surface area contributed by atoms with Crippen LogP contribution in [0.1, 0.15) is 12.5 Å². The number of fused-ring (bicyclic) bond motifs is 1. The second kappa shape index (κ2) is 8.44. The summed E-state index contributed by atoms with van der Waals surface area (Å²) in [5, 5.41) is 16.5. The Morgan fingerprint density at radius 2 is 2.07 bits per heavy atom. The zero-order valence-corrected chi connectivity index (χ0v) is 18.5. The molecule has 1 aromatic carbocycles. The van der Waals surface area contributed by atoms with E-state index in [1.54, 1.807) is 49.6 Å². The number of carbonyl (C=O) groups is 1. The van der Waals surface area contributed by atoms with Crippen LogP contribution in [0.15, 0.2) is 57.1 Å². The first-order valence-corrected chi connectivity index (χ1v) is 11.6. The quantitative estimate of drug-likeness (QED) is 0.350. The average Bonchev–Trinajstić information content (AvgIpc) is 3.41. The molecule has 0 saturated heterocycles. The van der Waals surface area contributed by atoms with Crippen molar-refractivity contribution in [3.05, 3.63) is 63.1 Å². The van der Waals surface area contributed by atoms with Crippen molar-refractivity contribution >= 4 is 56.2 Å². The lowest BCUT2D eigenvalue weighted by Crippen LogP contribution is -2.25. The zero-order valence-electron chi connectivity index (χ0n) is 16.1. The van der Waals surface area contributed by atoms with Gasteiger partial charge in [-0.25, -0.2) is 4.98 Å². The average molecular weight is 453 g/mol. The van der Waals surface area contributed by atoms with Crippen LogP contribution in [0.5, 0.6) is 0 Å². The summed E-state index contributed by atoms with van der Waals surface area (Å²) in [6, 6.07) is 12.8. The topological polar surface area (TPSA) is 87.8 Å². The Labute approximate surface area is 184 Å². The molecular formula is C21H16N4O2S3. The predicted octanol–water partition coefficient (Wildman–Crippen LogP) is 4.71. The van der Waals surface area contributed by atoms with Gasteiger partial charge in [-0.15, -0.1) is 22.7 Å². The van der Waals surface area contributed by atoms with E-state index in [4.69, 9.17) is 0 Å². The van der Waals surface area contributed by atoms with Crippen LogP contribution in [-0.2, 0) is 11.8 Å². The number of para-hydroxylation sites is 1. The maximum atomic E-state index is 13.0. The lowest BCUT2D eigenvalue weighted by atomic mass is 10.2. The van der Waals surface area contributed by atoms with Gasteiger partial charge in [0, 0.05) is 22.9 Å². The summed E-state index contributed by atoms with van der Waals surface area (Å²) in [7, 11) is 1.67.